The Labute approximate surface area is 155 Å². The number of hydrogen-bond donors (Lipinski definition) is 1. The van der Waals surface area contributed by atoms with Crippen molar-refractivity contribution in [3.05, 3.63) is 24.3 Å². The molecule has 0 aliphatic carbocycles. The summed E-state index contributed by atoms with van der Waals surface area (Å²) >= 11 is 0. The topological polar surface area (TPSA) is 53.0 Å². The minimum absolute atomic E-state index is 0. The van der Waals surface area contributed by atoms with Crippen molar-refractivity contribution in [2.45, 2.75) is 6.42 Å². The molecule has 1 aliphatic rings. The molecule has 0 saturated carbocycles. The summed E-state index contributed by atoms with van der Waals surface area (Å²) in [5, 5.41) is 8.70. The monoisotopic (exact) mass is 312 g/mol. The van der Waals surface area contributed by atoms with E-state index >= 15 is 0 Å². The summed E-state index contributed by atoms with van der Waals surface area (Å²) in [4.78, 5) is 15.1. The molecule has 2 rings (SSSR count). The number of piperazine rings is 1. The third-order valence-electron chi connectivity index (χ3n) is 3.54. The van der Waals surface area contributed by atoms with Gasteiger partial charge in [0.05, 0.1) is 6.42 Å². The summed E-state index contributed by atoms with van der Waals surface area (Å²) in [6.07, 6.45) is 5.36. The molecule has 114 valence electrons. The number of nitrogens with zero attached hydrogens (tertiary/aromatic N) is 2. The van der Waals surface area contributed by atoms with Gasteiger partial charge in [0.25, 0.3) is 0 Å². The van der Waals surface area contributed by atoms with Crippen LogP contribution >= 0.6 is 0 Å². The van der Waals surface area contributed by atoms with Gasteiger partial charge in [-0.3, -0.25) is 9.69 Å². The fourth-order valence-electron chi connectivity index (χ4n) is 2.36. The minimum Gasteiger partial charge on any atom is -1.00 e. The number of carbonyl (C=O) groups is 1. The van der Waals surface area contributed by atoms with Gasteiger partial charge in [-0.1, -0.05) is 5.92 Å². The number of carboxylic acid groups (broad SMARTS) is 1. The number of aliphatic carboxylic acids is 1. The van der Waals surface area contributed by atoms with Crippen LogP contribution in [0.15, 0.2) is 24.3 Å². The number of anilines is 1. The molecule has 0 unspecified atom stereocenters. The van der Waals surface area contributed by atoms with E-state index in [-0.39, 0.29) is 44.0 Å². The van der Waals surface area contributed by atoms with Crippen LogP contribution in [-0.4, -0.2) is 55.3 Å². The normalized spacial score (nSPS) is 14.8. The van der Waals surface area contributed by atoms with E-state index in [0.29, 0.717) is 6.54 Å². The molecule has 1 heterocycles. The number of benzene rings is 1. The van der Waals surface area contributed by atoms with Crippen molar-refractivity contribution in [3.8, 4) is 18.1 Å². The predicted molar refractivity (Wildman–Crippen MR) is 82.8 cm³/mol. The van der Waals surface area contributed by atoms with Crippen LogP contribution in [0.4, 0.5) is 5.69 Å². The maximum atomic E-state index is 10.6. The molecule has 1 aliphatic heterocycles. The van der Waals surface area contributed by atoms with Crippen LogP contribution in [0.2, 0.25) is 0 Å². The van der Waals surface area contributed by atoms with E-state index in [1.54, 1.807) is 0 Å². The predicted octanol–water partition coefficient (Wildman–Crippen LogP) is -1.59. The van der Waals surface area contributed by atoms with Crippen LogP contribution < -0.4 is 39.2 Å². The molecule has 1 aromatic carbocycles. The number of ether oxygens (including phenoxy) is 1. The second kappa shape index (κ2) is 9.75. The fraction of sp³-hybridized carbons (Fsp3) is 0.438. The maximum absolute atomic E-state index is 10.6. The first-order chi connectivity index (χ1) is 10.2. The van der Waals surface area contributed by atoms with E-state index in [1.165, 1.54) is 0 Å². The van der Waals surface area contributed by atoms with Crippen molar-refractivity contribution in [1.82, 2.24) is 4.90 Å². The third kappa shape index (κ3) is 5.90. The van der Waals surface area contributed by atoms with Gasteiger partial charge in [0.1, 0.15) is 12.4 Å². The van der Waals surface area contributed by atoms with Gasteiger partial charge in [0.15, 0.2) is 0 Å². The van der Waals surface area contributed by atoms with Gasteiger partial charge in [-0.15, -0.1) is 6.42 Å². The number of terminal acetylenes is 1. The van der Waals surface area contributed by atoms with Crippen LogP contribution in [0.1, 0.15) is 7.85 Å². The molecule has 1 N–H and O–H groups in total. The first-order valence-corrected chi connectivity index (χ1v) is 7.04. The zero-order chi connectivity index (χ0) is 15.1. The number of rotatable bonds is 6. The smallest absolute Gasteiger partial charge is 1.00 e. The molecule has 1 fully saturated rings. The van der Waals surface area contributed by atoms with E-state index in [0.717, 1.165) is 37.6 Å². The first kappa shape index (κ1) is 18.9. The van der Waals surface area contributed by atoms with Crippen LogP contribution in [0, 0.1) is 12.3 Å². The summed E-state index contributed by atoms with van der Waals surface area (Å²) in [5.74, 6) is 2.48. The van der Waals surface area contributed by atoms with Gasteiger partial charge >= 0.3 is 35.5 Å². The minimum atomic E-state index is -0.736. The second-order valence-corrected chi connectivity index (χ2v) is 4.96. The quantitative estimate of drug-likeness (QED) is 0.507. The molecule has 1 saturated heterocycles. The molecule has 0 amide bonds. The van der Waals surface area contributed by atoms with Crippen molar-refractivity contribution < 1.29 is 45.6 Å². The molecule has 0 bridgehead atoms. The van der Waals surface area contributed by atoms with Gasteiger partial charge in [-0.25, -0.2) is 0 Å². The van der Waals surface area contributed by atoms with E-state index in [9.17, 15) is 4.79 Å². The summed E-state index contributed by atoms with van der Waals surface area (Å²) in [7, 11) is 0. The molecular formula is C16H21N2NaO3. The van der Waals surface area contributed by atoms with Crippen LogP contribution in [0.25, 0.3) is 0 Å². The van der Waals surface area contributed by atoms with Crippen LogP contribution in [0.3, 0.4) is 0 Å². The van der Waals surface area contributed by atoms with Gasteiger partial charge in [0.2, 0.25) is 0 Å². The van der Waals surface area contributed by atoms with E-state index in [4.69, 9.17) is 16.3 Å². The number of hydrogen-bond acceptors (Lipinski definition) is 4. The van der Waals surface area contributed by atoms with Crippen LogP contribution in [0.5, 0.6) is 5.75 Å². The second-order valence-electron chi connectivity index (χ2n) is 4.96. The molecule has 0 aromatic heterocycles. The Morgan fingerprint density at radius 1 is 1.27 bits per heavy atom. The summed E-state index contributed by atoms with van der Waals surface area (Å²) in [6, 6.07) is 7.89. The van der Waals surface area contributed by atoms with E-state index < -0.39 is 5.97 Å². The zero-order valence-corrected chi connectivity index (χ0v) is 15.0. The van der Waals surface area contributed by atoms with E-state index in [2.05, 4.69) is 15.7 Å². The van der Waals surface area contributed by atoms with Gasteiger partial charge in [-0.05, 0) is 24.3 Å². The summed E-state index contributed by atoms with van der Waals surface area (Å²) in [5.41, 5.74) is 1.15. The standard InChI is InChI=1S/C16H20N2O3.Na.H/c1-2-13-21-15-5-3-14(4-6-15)18-11-9-17(10-12-18)8-7-16(19)20;;/h1,3-6H,7-13H2,(H,19,20);;/q;+1;-1. The molecule has 5 nitrogen and oxygen atoms in total. The Kier molecular flexibility index (Phi) is 8.36. The van der Waals surface area contributed by atoms with Crippen molar-refractivity contribution in [3.63, 3.8) is 0 Å². The van der Waals surface area contributed by atoms with Crippen molar-refractivity contribution in [2.24, 2.45) is 0 Å². The zero-order valence-electron chi connectivity index (χ0n) is 14.0. The molecule has 0 radical (unpaired) electrons. The van der Waals surface area contributed by atoms with Gasteiger partial charge in [-0.2, -0.15) is 0 Å². The average Bonchev–Trinajstić information content (AvgIpc) is 2.52. The van der Waals surface area contributed by atoms with Crippen molar-refractivity contribution in [1.29, 1.82) is 0 Å². The van der Waals surface area contributed by atoms with E-state index in [1.807, 2.05) is 24.3 Å². The summed E-state index contributed by atoms with van der Waals surface area (Å²) in [6.45, 7) is 4.50. The Balaban J connectivity index is 0.00000242. The Morgan fingerprint density at radius 3 is 2.45 bits per heavy atom. The number of carboxylic acids is 1. The molecule has 0 atom stereocenters. The first-order valence-electron chi connectivity index (χ1n) is 7.04. The van der Waals surface area contributed by atoms with Gasteiger partial charge in [0, 0.05) is 38.4 Å². The Hall–Kier alpha value is -1.19. The van der Waals surface area contributed by atoms with Gasteiger partial charge < -0.3 is 16.2 Å². The fourth-order valence-corrected chi connectivity index (χ4v) is 2.36. The third-order valence-corrected chi connectivity index (χ3v) is 3.54. The Morgan fingerprint density at radius 2 is 1.91 bits per heavy atom. The molecule has 6 heteroatoms. The average molecular weight is 312 g/mol. The van der Waals surface area contributed by atoms with Crippen LogP contribution in [-0.2, 0) is 4.79 Å². The Bertz CT molecular complexity index is 511. The largest absolute Gasteiger partial charge is 1.00 e. The molecular weight excluding hydrogens is 291 g/mol. The maximum Gasteiger partial charge on any atom is 1.00 e. The van der Waals surface area contributed by atoms with Crippen molar-refractivity contribution >= 4 is 11.7 Å². The summed E-state index contributed by atoms with van der Waals surface area (Å²) < 4.78 is 5.35. The molecule has 0 spiro atoms. The van der Waals surface area contributed by atoms with Crippen molar-refractivity contribution in [2.75, 3.05) is 44.2 Å². The molecule has 1 aromatic rings. The molecule has 22 heavy (non-hydrogen) atoms. The SMILES string of the molecule is C#CCOc1ccc(N2CCN(CCC(=O)O)CC2)cc1.[H-].[Na+].